The maximum absolute atomic E-state index is 11.5. The molecule has 0 aliphatic carbocycles. The minimum absolute atomic E-state index is 0.342. The van der Waals surface area contributed by atoms with Crippen molar-refractivity contribution in [2.45, 2.75) is 32.7 Å². The molecule has 0 amide bonds. The molecule has 1 atom stereocenters. The molecule has 0 radical (unpaired) electrons. The van der Waals surface area contributed by atoms with Crippen molar-refractivity contribution in [3.63, 3.8) is 0 Å². The second-order valence-corrected chi connectivity index (χ2v) is 5.20. The van der Waals surface area contributed by atoms with Crippen LogP contribution >= 0.6 is 0 Å². The number of nitrogens with zero attached hydrogens (tertiary/aromatic N) is 1. The van der Waals surface area contributed by atoms with Gasteiger partial charge in [-0.2, -0.15) is 0 Å². The fourth-order valence-corrected chi connectivity index (χ4v) is 2.53. The average molecular weight is 278 g/mol. The normalized spacial score (nSPS) is 17.6. The number of aromatic nitrogens is 1. The second-order valence-electron chi connectivity index (χ2n) is 5.20. The van der Waals surface area contributed by atoms with E-state index in [1.807, 2.05) is 13.0 Å². The zero-order chi connectivity index (χ0) is 14.5. The first-order valence-corrected chi connectivity index (χ1v) is 7.02. The molecule has 1 saturated heterocycles. The van der Waals surface area contributed by atoms with E-state index in [2.05, 4.69) is 17.2 Å². The zero-order valence-corrected chi connectivity index (χ0v) is 12.3. The number of hydrogen-bond donors (Lipinski definition) is 1. The average Bonchev–Trinajstić information content (AvgIpc) is 2.47. The molecule has 1 N–H and O–H groups in total. The molecule has 1 fully saturated rings. The monoisotopic (exact) mass is 278 g/mol. The molecule has 1 aliphatic heterocycles. The fraction of sp³-hybridized carbons (Fsp3) is 0.600. The number of hydrogen-bond acceptors (Lipinski definition) is 5. The number of aryl methyl sites for hydroxylation is 1. The summed E-state index contributed by atoms with van der Waals surface area (Å²) in [6.45, 7) is 5.66. The topological polar surface area (TPSA) is 60.5 Å². The van der Waals surface area contributed by atoms with Crippen LogP contribution in [0.15, 0.2) is 12.1 Å². The van der Waals surface area contributed by atoms with Gasteiger partial charge in [-0.25, -0.2) is 9.78 Å². The van der Waals surface area contributed by atoms with Gasteiger partial charge in [0.2, 0.25) is 0 Å². The Morgan fingerprint density at radius 1 is 1.45 bits per heavy atom. The lowest BCUT2D eigenvalue weighted by molar-refractivity contribution is 0.0598. The molecule has 20 heavy (non-hydrogen) atoms. The molecule has 0 bridgehead atoms. The highest BCUT2D eigenvalue weighted by molar-refractivity contribution is 5.90. The van der Waals surface area contributed by atoms with Gasteiger partial charge in [0.05, 0.1) is 18.4 Å². The van der Waals surface area contributed by atoms with Crippen LogP contribution in [-0.4, -0.2) is 37.3 Å². The third-order valence-electron chi connectivity index (χ3n) is 3.84. The van der Waals surface area contributed by atoms with Crippen LogP contribution in [-0.2, 0) is 9.47 Å². The van der Waals surface area contributed by atoms with Crippen LogP contribution in [0.25, 0.3) is 0 Å². The Hall–Kier alpha value is -1.62. The third-order valence-corrected chi connectivity index (χ3v) is 3.84. The van der Waals surface area contributed by atoms with Gasteiger partial charge in [-0.15, -0.1) is 0 Å². The van der Waals surface area contributed by atoms with Crippen molar-refractivity contribution in [3.05, 3.63) is 23.4 Å². The molecule has 2 heterocycles. The number of pyridine rings is 1. The van der Waals surface area contributed by atoms with E-state index in [1.165, 1.54) is 7.11 Å². The van der Waals surface area contributed by atoms with E-state index in [4.69, 9.17) is 9.47 Å². The van der Waals surface area contributed by atoms with Crippen molar-refractivity contribution >= 4 is 11.8 Å². The summed E-state index contributed by atoms with van der Waals surface area (Å²) in [7, 11) is 1.38. The Labute approximate surface area is 119 Å². The molecular formula is C15H22N2O3. The summed E-state index contributed by atoms with van der Waals surface area (Å²) in [4.78, 5) is 16.0. The lowest BCUT2D eigenvalue weighted by atomic mass is 9.93. The van der Waals surface area contributed by atoms with Crippen LogP contribution < -0.4 is 5.32 Å². The summed E-state index contributed by atoms with van der Waals surface area (Å²) in [6.07, 6.45) is 2.15. The predicted molar refractivity (Wildman–Crippen MR) is 76.9 cm³/mol. The van der Waals surface area contributed by atoms with Gasteiger partial charge >= 0.3 is 5.97 Å². The molecule has 2 rings (SSSR count). The number of anilines is 1. The van der Waals surface area contributed by atoms with Crippen molar-refractivity contribution < 1.29 is 14.3 Å². The molecule has 1 aromatic rings. The number of ether oxygens (including phenoxy) is 2. The summed E-state index contributed by atoms with van der Waals surface area (Å²) in [6, 6.07) is 3.93. The predicted octanol–water partition coefficient (Wildman–Crippen LogP) is 2.40. The Balaban J connectivity index is 2.02. The quantitative estimate of drug-likeness (QED) is 0.857. The van der Waals surface area contributed by atoms with Gasteiger partial charge in [-0.05, 0) is 44.7 Å². The second kappa shape index (κ2) is 6.70. The summed E-state index contributed by atoms with van der Waals surface area (Å²) < 4.78 is 10.1. The molecule has 110 valence electrons. The minimum Gasteiger partial charge on any atom is -0.465 e. The van der Waals surface area contributed by atoms with Gasteiger partial charge in [0.15, 0.2) is 0 Å². The molecule has 0 saturated carbocycles. The van der Waals surface area contributed by atoms with Crippen molar-refractivity contribution in [1.29, 1.82) is 0 Å². The van der Waals surface area contributed by atoms with Gasteiger partial charge in [-0.3, -0.25) is 0 Å². The van der Waals surface area contributed by atoms with E-state index in [0.717, 1.165) is 31.9 Å². The van der Waals surface area contributed by atoms with Crippen LogP contribution in [0.2, 0.25) is 0 Å². The van der Waals surface area contributed by atoms with Crippen LogP contribution in [0.3, 0.4) is 0 Å². The Morgan fingerprint density at radius 3 is 2.75 bits per heavy atom. The van der Waals surface area contributed by atoms with E-state index < -0.39 is 0 Å². The summed E-state index contributed by atoms with van der Waals surface area (Å²) in [5.41, 5.74) is 1.19. The highest BCUT2D eigenvalue weighted by Gasteiger charge is 2.21. The summed E-state index contributed by atoms with van der Waals surface area (Å²) >= 11 is 0. The Morgan fingerprint density at radius 2 is 2.15 bits per heavy atom. The largest absolute Gasteiger partial charge is 0.465 e. The number of carbonyl (C=O) groups excluding carboxylic acids is 1. The summed E-state index contributed by atoms with van der Waals surface area (Å²) in [5.74, 6) is 1.05. The number of methoxy groups -OCH3 is 1. The molecule has 1 unspecified atom stereocenters. The number of nitrogens with one attached hydrogen (secondary N) is 1. The first-order chi connectivity index (χ1) is 9.61. The van der Waals surface area contributed by atoms with Crippen molar-refractivity contribution in [2.75, 3.05) is 25.6 Å². The molecular weight excluding hydrogens is 256 g/mol. The van der Waals surface area contributed by atoms with Gasteiger partial charge in [0, 0.05) is 19.3 Å². The lowest BCUT2D eigenvalue weighted by Crippen LogP contribution is -2.31. The summed E-state index contributed by atoms with van der Waals surface area (Å²) in [5, 5.41) is 3.42. The van der Waals surface area contributed by atoms with Crippen LogP contribution in [0, 0.1) is 12.8 Å². The van der Waals surface area contributed by atoms with Crippen LogP contribution in [0.1, 0.15) is 35.8 Å². The van der Waals surface area contributed by atoms with E-state index in [-0.39, 0.29) is 5.97 Å². The smallest absolute Gasteiger partial charge is 0.339 e. The van der Waals surface area contributed by atoms with E-state index >= 15 is 0 Å². The first kappa shape index (κ1) is 14.8. The molecule has 1 aromatic heterocycles. The highest BCUT2D eigenvalue weighted by atomic mass is 16.5. The maximum atomic E-state index is 11.5. The van der Waals surface area contributed by atoms with Crippen LogP contribution in [0.4, 0.5) is 5.82 Å². The SMILES string of the molecule is COC(=O)c1ccc(NC(C)C2CCOCC2)nc1C. The maximum Gasteiger partial charge on any atom is 0.339 e. The van der Waals surface area contributed by atoms with Gasteiger partial charge < -0.3 is 14.8 Å². The van der Waals surface area contributed by atoms with Crippen LogP contribution in [0.5, 0.6) is 0 Å². The number of carbonyl (C=O) groups is 1. The molecule has 0 aromatic carbocycles. The first-order valence-electron chi connectivity index (χ1n) is 7.02. The highest BCUT2D eigenvalue weighted by Crippen LogP contribution is 2.21. The van der Waals surface area contributed by atoms with E-state index in [9.17, 15) is 4.79 Å². The minimum atomic E-state index is -0.348. The lowest BCUT2D eigenvalue weighted by Gasteiger charge is -2.28. The van der Waals surface area contributed by atoms with E-state index in [0.29, 0.717) is 23.2 Å². The van der Waals surface area contributed by atoms with Crippen molar-refractivity contribution in [3.8, 4) is 0 Å². The Kier molecular flexibility index (Phi) is 4.95. The molecule has 5 heteroatoms. The molecule has 5 nitrogen and oxygen atoms in total. The molecule has 1 aliphatic rings. The standard InChI is InChI=1S/C15H22N2O3/c1-10(12-6-8-20-9-7-12)16-14-5-4-13(11(2)17-14)15(18)19-3/h4-5,10,12H,6-9H2,1-3H3,(H,16,17). The number of esters is 1. The van der Waals surface area contributed by atoms with Crippen molar-refractivity contribution in [1.82, 2.24) is 4.98 Å². The van der Waals surface area contributed by atoms with Gasteiger partial charge in [0.25, 0.3) is 0 Å². The van der Waals surface area contributed by atoms with E-state index in [1.54, 1.807) is 6.07 Å². The van der Waals surface area contributed by atoms with Crippen molar-refractivity contribution in [2.24, 2.45) is 5.92 Å². The fourth-order valence-electron chi connectivity index (χ4n) is 2.53. The third kappa shape index (κ3) is 3.48. The van der Waals surface area contributed by atoms with Gasteiger partial charge in [-0.1, -0.05) is 0 Å². The van der Waals surface area contributed by atoms with Gasteiger partial charge in [0.1, 0.15) is 5.82 Å². The zero-order valence-electron chi connectivity index (χ0n) is 12.3. The Bertz CT molecular complexity index is 470. The molecule has 0 spiro atoms. The number of rotatable bonds is 4.